The monoisotopic (exact) mass is 398 g/mol. The van der Waals surface area contributed by atoms with Gasteiger partial charge in [-0.15, -0.1) is 0 Å². The first-order valence-corrected chi connectivity index (χ1v) is 11.9. The second kappa shape index (κ2) is 9.61. The summed E-state index contributed by atoms with van der Waals surface area (Å²) in [6, 6.07) is 8.77. The van der Waals surface area contributed by atoms with Crippen molar-refractivity contribution in [2.75, 3.05) is 19.6 Å². The number of aliphatic hydroxyl groups excluding tert-OH is 1. The molecule has 0 spiro atoms. The predicted octanol–water partition coefficient (Wildman–Crippen LogP) is 4.46. The molecule has 29 heavy (non-hydrogen) atoms. The number of likely N-dealkylation sites (tertiary alicyclic amines) is 2. The molecule has 4 nitrogen and oxygen atoms in total. The Bertz CT molecular complexity index is 685. The van der Waals surface area contributed by atoms with Crippen LogP contribution >= 0.6 is 0 Å². The molecule has 2 heterocycles. The number of hydrogen-bond donors (Lipinski definition) is 1. The molecule has 1 aromatic rings. The highest BCUT2D eigenvalue weighted by Crippen LogP contribution is 2.37. The highest BCUT2D eigenvalue weighted by Gasteiger charge is 2.37. The lowest BCUT2D eigenvalue weighted by atomic mass is 9.74. The Labute approximate surface area is 176 Å². The van der Waals surface area contributed by atoms with Crippen molar-refractivity contribution in [2.45, 2.75) is 83.4 Å². The third-order valence-corrected chi connectivity index (χ3v) is 7.49. The zero-order chi connectivity index (χ0) is 20.2. The van der Waals surface area contributed by atoms with Gasteiger partial charge >= 0.3 is 0 Å². The zero-order valence-corrected chi connectivity index (χ0v) is 18.1. The van der Waals surface area contributed by atoms with E-state index in [1.807, 2.05) is 17.0 Å². The SMILES string of the molecule is C[C@@H]1CC[C@H](O)[C@@H]([C@@H]2CCCCN2Cc2cccc(C(=O)N3CCCCC3)c2)C1. The fraction of sp³-hybridized carbons (Fsp3) is 0.720. The smallest absolute Gasteiger partial charge is 0.253 e. The molecule has 160 valence electrons. The number of nitrogens with zero attached hydrogens (tertiary/aromatic N) is 2. The van der Waals surface area contributed by atoms with Crippen molar-refractivity contribution < 1.29 is 9.90 Å². The lowest BCUT2D eigenvalue weighted by Crippen LogP contribution is -2.49. The minimum atomic E-state index is -0.149. The Kier molecular flexibility index (Phi) is 6.92. The van der Waals surface area contributed by atoms with E-state index < -0.39 is 0 Å². The molecule has 0 bridgehead atoms. The molecule has 3 aliphatic rings. The Morgan fingerprint density at radius 3 is 2.66 bits per heavy atom. The molecule has 0 unspecified atom stereocenters. The van der Waals surface area contributed by atoms with Crippen molar-refractivity contribution in [3.8, 4) is 0 Å². The average molecular weight is 399 g/mol. The number of aliphatic hydroxyl groups is 1. The predicted molar refractivity (Wildman–Crippen MR) is 117 cm³/mol. The summed E-state index contributed by atoms with van der Waals surface area (Å²) in [7, 11) is 0. The van der Waals surface area contributed by atoms with E-state index in [2.05, 4.69) is 24.0 Å². The van der Waals surface area contributed by atoms with Crippen LogP contribution in [0.3, 0.4) is 0 Å². The van der Waals surface area contributed by atoms with Gasteiger partial charge in [-0.2, -0.15) is 0 Å². The quantitative estimate of drug-likeness (QED) is 0.814. The van der Waals surface area contributed by atoms with Crippen molar-refractivity contribution >= 4 is 5.91 Å². The molecule has 1 N–H and O–H groups in total. The number of benzene rings is 1. The van der Waals surface area contributed by atoms with E-state index in [1.165, 1.54) is 31.2 Å². The van der Waals surface area contributed by atoms with Crippen molar-refractivity contribution in [3.63, 3.8) is 0 Å². The van der Waals surface area contributed by atoms with E-state index >= 15 is 0 Å². The van der Waals surface area contributed by atoms with Gasteiger partial charge in [-0.1, -0.05) is 25.5 Å². The van der Waals surface area contributed by atoms with Gasteiger partial charge in [0, 0.05) is 37.2 Å². The molecule has 1 amide bonds. The van der Waals surface area contributed by atoms with Crippen molar-refractivity contribution in [1.29, 1.82) is 0 Å². The van der Waals surface area contributed by atoms with Gasteiger partial charge in [0.1, 0.15) is 0 Å². The molecule has 1 saturated carbocycles. The molecule has 0 radical (unpaired) electrons. The fourth-order valence-electron chi connectivity index (χ4n) is 5.84. The minimum absolute atomic E-state index is 0.149. The molecule has 2 saturated heterocycles. The van der Waals surface area contributed by atoms with Crippen LogP contribution in [-0.2, 0) is 6.54 Å². The van der Waals surface area contributed by atoms with Gasteiger partial charge in [-0.3, -0.25) is 9.69 Å². The molecule has 1 aliphatic carbocycles. The normalized spacial score (nSPS) is 31.6. The summed E-state index contributed by atoms with van der Waals surface area (Å²) >= 11 is 0. The summed E-state index contributed by atoms with van der Waals surface area (Å²) in [5.74, 6) is 1.31. The number of carbonyl (C=O) groups is 1. The summed E-state index contributed by atoms with van der Waals surface area (Å²) < 4.78 is 0. The fourth-order valence-corrected chi connectivity index (χ4v) is 5.84. The minimum Gasteiger partial charge on any atom is -0.393 e. The van der Waals surface area contributed by atoms with Crippen LogP contribution in [-0.4, -0.2) is 52.6 Å². The number of hydrogen-bond acceptors (Lipinski definition) is 3. The first-order valence-electron chi connectivity index (χ1n) is 11.9. The van der Waals surface area contributed by atoms with Crippen LogP contribution in [0, 0.1) is 11.8 Å². The molecule has 3 fully saturated rings. The standard InChI is InChI=1S/C25H38N2O2/c1-19-11-12-24(28)22(16-19)23-10-3-6-15-27(23)18-20-8-7-9-21(17-20)25(29)26-13-4-2-5-14-26/h7-9,17,19,22-24,28H,2-6,10-16,18H2,1H3/t19-,22-,23+,24+/m1/s1. The number of piperidine rings is 2. The molecule has 4 rings (SSSR count). The molecule has 2 aliphatic heterocycles. The van der Waals surface area contributed by atoms with Crippen molar-refractivity contribution in [1.82, 2.24) is 9.80 Å². The molecule has 1 aromatic carbocycles. The van der Waals surface area contributed by atoms with Crippen LogP contribution in [0.25, 0.3) is 0 Å². The molecule has 0 aromatic heterocycles. The van der Waals surface area contributed by atoms with Gasteiger partial charge in [0.25, 0.3) is 5.91 Å². The van der Waals surface area contributed by atoms with Gasteiger partial charge in [0.15, 0.2) is 0 Å². The summed E-state index contributed by atoms with van der Waals surface area (Å²) in [5, 5.41) is 10.7. The highest BCUT2D eigenvalue weighted by molar-refractivity contribution is 5.94. The molecular weight excluding hydrogens is 360 g/mol. The van der Waals surface area contributed by atoms with E-state index in [4.69, 9.17) is 0 Å². The third-order valence-electron chi connectivity index (χ3n) is 7.49. The van der Waals surface area contributed by atoms with Gasteiger partial charge in [-0.25, -0.2) is 0 Å². The number of rotatable bonds is 4. The van der Waals surface area contributed by atoms with Crippen LogP contribution in [0.5, 0.6) is 0 Å². The maximum atomic E-state index is 12.9. The van der Waals surface area contributed by atoms with Gasteiger partial charge < -0.3 is 10.0 Å². The van der Waals surface area contributed by atoms with Crippen LogP contribution in [0.15, 0.2) is 24.3 Å². The maximum absolute atomic E-state index is 12.9. The summed E-state index contributed by atoms with van der Waals surface area (Å²) in [6.07, 6.45) is 10.3. The van der Waals surface area contributed by atoms with Gasteiger partial charge in [0.2, 0.25) is 0 Å². The summed E-state index contributed by atoms with van der Waals surface area (Å²) in [6.45, 7) is 6.13. The lowest BCUT2D eigenvalue weighted by Gasteiger charge is -2.45. The lowest BCUT2D eigenvalue weighted by molar-refractivity contribution is -0.0204. The Balaban J connectivity index is 1.46. The Hall–Kier alpha value is -1.39. The van der Waals surface area contributed by atoms with Crippen molar-refractivity contribution in [3.05, 3.63) is 35.4 Å². The first-order chi connectivity index (χ1) is 14.1. The van der Waals surface area contributed by atoms with E-state index in [1.54, 1.807) is 0 Å². The molecular formula is C25H38N2O2. The van der Waals surface area contributed by atoms with E-state index in [-0.39, 0.29) is 12.0 Å². The number of carbonyl (C=O) groups excluding carboxylic acids is 1. The van der Waals surface area contributed by atoms with E-state index in [0.29, 0.717) is 12.0 Å². The Morgan fingerprint density at radius 2 is 1.83 bits per heavy atom. The van der Waals surface area contributed by atoms with E-state index in [0.717, 1.165) is 69.8 Å². The zero-order valence-electron chi connectivity index (χ0n) is 18.1. The molecule has 4 atom stereocenters. The van der Waals surface area contributed by atoms with Crippen LogP contribution in [0.1, 0.15) is 80.6 Å². The highest BCUT2D eigenvalue weighted by atomic mass is 16.3. The average Bonchev–Trinajstić information content (AvgIpc) is 2.76. The third kappa shape index (κ3) is 5.03. The Morgan fingerprint density at radius 1 is 1.03 bits per heavy atom. The van der Waals surface area contributed by atoms with Gasteiger partial charge in [0.05, 0.1) is 6.10 Å². The summed E-state index contributed by atoms with van der Waals surface area (Å²) in [5.41, 5.74) is 2.07. The maximum Gasteiger partial charge on any atom is 0.253 e. The molecule has 4 heteroatoms. The van der Waals surface area contributed by atoms with Crippen LogP contribution in [0.2, 0.25) is 0 Å². The largest absolute Gasteiger partial charge is 0.393 e. The van der Waals surface area contributed by atoms with Gasteiger partial charge in [-0.05, 0) is 81.5 Å². The van der Waals surface area contributed by atoms with Crippen LogP contribution < -0.4 is 0 Å². The topological polar surface area (TPSA) is 43.8 Å². The van der Waals surface area contributed by atoms with Crippen molar-refractivity contribution in [2.24, 2.45) is 11.8 Å². The first kappa shape index (κ1) is 20.9. The second-order valence-corrected chi connectivity index (χ2v) is 9.74. The van der Waals surface area contributed by atoms with Crippen LogP contribution in [0.4, 0.5) is 0 Å². The van der Waals surface area contributed by atoms with E-state index in [9.17, 15) is 9.90 Å². The second-order valence-electron chi connectivity index (χ2n) is 9.74. The summed E-state index contributed by atoms with van der Waals surface area (Å²) in [4.78, 5) is 17.5. The number of amides is 1.